The van der Waals surface area contributed by atoms with Gasteiger partial charge in [0.2, 0.25) is 0 Å². The van der Waals surface area contributed by atoms with Crippen LogP contribution in [0, 0.1) is 0 Å². The molecule has 2 aromatic rings. The summed E-state index contributed by atoms with van der Waals surface area (Å²) in [7, 11) is -1.41. The largest absolute Gasteiger partial charge is 0.257 e. The Labute approximate surface area is 110 Å². The standard InChI is InChI=1S/C16H19NSi/c1-18(2,3)16(15-11-7-8-12-17-15)13-14-9-5-4-6-10-14/h4-13H,1-3H3. The molecule has 0 saturated heterocycles. The lowest BCUT2D eigenvalue weighted by Gasteiger charge is -2.20. The van der Waals surface area contributed by atoms with Gasteiger partial charge in [-0.1, -0.05) is 62.1 Å². The van der Waals surface area contributed by atoms with E-state index in [-0.39, 0.29) is 0 Å². The van der Waals surface area contributed by atoms with Crippen molar-refractivity contribution in [1.82, 2.24) is 4.98 Å². The lowest BCUT2D eigenvalue weighted by molar-refractivity contribution is 1.29. The molecule has 1 nitrogen and oxygen atoms in total. The Morgan fingerprint density at radius 2 is 1.61 bits per heavy atom. The van der Waals surface area contributed by atoms with Gasteiger partial charge in [-0.05, 0) is 22.9 Å². The summed E-state index contributed by atoms with van der Waals surface area (Å²) in [4.78, 5) is 4.51. The van der Waals surface area contributed by atoms with Gasteiger partial charge in [-0.25, -0.2) is 0 Å². The molecule has 0 radical (unpaired) electrons. The first-order valence-electron chi connectivity index (χ1n) is 6.26. The van der Waals surface area contributed by atoms with Crippen LogP contribution in [0.25, 0.3) is 11.3 Å². The van der Waals surface area contributed by atoms with Crippen LogP contribution in [0.2, 0.25) is 19.6 Å². The van der Waals surface area contributed by atoms with Gasteiger partial charge in [0.15, 0.2) is 0 Å². The van der Waals surface area contributed by atoms with E-state index in [2.05, 4.69) is 67.1 Å². The molecule has 0 amide bonds. The third-order valence-corrected chi connectivity index (χ3v) is 4.88. The molecule has 1 aromatic carbocycles. The molecule has 0 bridgehead atoms. The highest BCUT2D eigenvalue weighted by Gasteiger charge is 2.21. The van der Waals surface area contributed by atoms with E-state index in [1.165, 1.54) is 10.8 Å². The van der Waals surface area contributed by atoms with Gasteiger partial charge < -0.3 is 0 Å². The first-order valence-corrected chi connectivity index (χ1v) is 9.76. The van der Waals surface area contributed by atoms with E-state index in [4.69, 9.17) is 0 Å². The number of pyridine rings is 1. The molecule has 2 rings (SSSR count). The summed E-state index contributed by atoms with van der Waals surface area (Å²) >= 11 is 0. The van der Waals surface area contributed by atoms with Crippen LogP contribution < -0.4 is 0 Å². The Kier molecular flexibility index (Phi) is 3.77. The van der Waals surface area contributed by atoms with Gasteiger partial charge in [-0.3, -0.25) is 4.98 Å². The predicted molar refractivity (Wildman–Crippen MR) is 81.9 cm³/mol. The second-order valence-corrected chi connectivity index (χ2v) is 10.5. The fourth-order valence-corrected chi connectivity index (χ4v) is 3.43. The monoisotopic (exact) mass is 253 g/mol. The van der Waals surface area contributed by atoms with Gasteiger partial charge in [-0.2, -0.15) is 0 Å². The first kappa shape index (κ1) is 12.8. The van der Waals surface area contributed by atoms with Crippen LogP contribution in [0.1, 0.15) is 11.3 Å². The van der Waals surface area contributed by atoms with Crippen molar-refractivity contribution in [3.63, 3.8) is 0 Å². The van der Waals surface area contributed by atoms with Crippen molar-refractivity contribution in [3.05, 3.63) is 66.0 Å². The molecule has 1 aromatic heterocycles. The van der Waals surface area contributed by atoms with Crippen molar-refractivity contribution in [1.29, 1.82) is 0 Å². The highest BCUT2D eigenvalue weighted by atomic mass is 28.3. The van der Waals surface area contributed by atoms with E-state index >= 15 is 0 Å². The molecular formula is C16H19NSi. The zero-order valence-corrected chi connectivity index (χ0v) is 12.2. The quantitative estimate of drug-likeness (QED) is 0.734. The Morgan fingerprint density at radius 1 is 0.944 bits per heavy atom. The highest BCUT2D eigenvalue weighted by Crippen LogP contribution is 2.26. The Hall–Kier alpha value is -1.67. The van der Waals surface area contributed by atoms with E-state index in [0.29, 0.717) is 0 Å². The molecule has 0 fully saturated rings. The molecule has 0 aliphatic rings. The molecule has 0 aliphatic carbocycles. The van der Waals surface area contributed by atoms with Gasteiger partial charge in [-0.15, -0.1) is 0 Å². The van der Waals surface area contributed by atoms with Gasteiger partial charge in [0.1, 0.15) is 0 Å². The molecule has 1 heterocycles. The Balaban J connectivity index is 2.48. The molecule has 0 saturated carbocycles. The lowest BCUT2D eigenvalue weighted by Crippen LogP contribution is -2.23. The maximum Gasteiger partial charge on any atom is 0.0804 e. The van der Waals surface area contributed by atoms with Gasteiger partial charge in [0, 0.05) is 6.20 Å². The number of nitrogens with zero attached hydrogens (tertiary/aromatic N) is 1. The van der Waals surface area contributed by atoms with E-state index in [1.54, 1.807) is 0 Å². The number of aromatic nitrogens is 1. The number of hydrogen-bond acceptors (Lipinski definition) is 1. The Bertz CT molecular complexity index is 524. The minimum Gasteiger partial charge on any atom is -0.257 e. The van der Waals surface area contributed by atoms with Crippen LogP contribution in [0.15, 0.2) is 54.7 Å². The zero-order chi connectivity index (χ0) is 13.0. The second-order valence-electron chi connectivity index (χ2n) is 5.43. The molecular weight excluding hydrogens is 234 g/mol. The van der Waals surface area contributed by atoms with E-state index in [1.807, 2.05) is 18.3 Å². The van der Waals surface area contributed by atoms with Crippen molar-refractivity contribution in [2.75, 3.05) is 0 Å². The third-order valence-electron chi connectivity index (χ3n) is 2.86. The molecule has 0 N–H and O–H groups in total. The Morgan fingerprint density at radius 3 is 2.17 bits per heavy atom. The summed E-state index contributed by atoms with van der Waals surface area (Å²) in [5.74, 6) is 0. The zero-order valence-electron chi connectivity index (χ0n) is 11.2. The van der Waals surface area contributed by atoms with Crippen molar-refractivity contribution in [2.45, 2.75) is 19.6 Å². The second kappa shape index (κ2) is 5.32. The summed E-state index contributed by atoms with van der Waals surface area (Å²) in [6.07, 6.45) is 4.16. The normalized spacial score (nSPS) is 12.5. The minimum absolute atomic E-state index is 1.11. The molecule has 92 valence electrons. The fraction of sp³-hybridized carbons (Fsp3) is 0.188. The smallest absolute Gasteiger partial charge is 0.0804 e. The van der Waals surface area contributed by atoms with E-state index in [9.17, 15) is 0 Å². The highest BCUT2D eigenvalue weighted by molar-refractivity contribution is 6.94. The predicted octanol–water partition coefficient (Wildman–Crippen LogP) is 4.50. The van der Waals surface area contributed by atoms with E-state index < -0.39 is 8.07 Å². The van der Waals surface area contributed by atoms with Gasteiger partial charge in [0.05, 0.1) is 13.8 Å². The molecule has 2 heteroatoms. The average molecular weight is 253 g/mol. The van der Waals surface area contributed by atoms with E-state index in [0.717, 1.165) is 5.69 Å². The summed E-state index contributed by atoms with van der Waals surface area (Å²) in [5.41, 5.74) is 2.36. The average Bonchev–Trinajstić information content (AvgIpc) is 2.37. The maximum absolute atomic E-state index is 4.51. The van der Waals surface area contributed by atoms with Crippen molar-refractivity contribution in [2.24, 2.45) is 0 Å². The number of hydrogen-bond donors (Lipinski definition) is 0. The lowest BCUT2D eigenvalue weighted by atomic mass is 10.2. The van der Waals surface area contributed by atoms with Crippen LogP contribution in [0.4, 0.5) is 0 Å². The number of benzene rings is 1. The van der Waals surface area contributed by atoms with Crippen LogP contribution >= 0.6 is 0 Å². The summed E-state index contributed by atoms with van der Waals surface area (Å²) < 4.78 is 0. The summed E-state index contributed by atoms with van der Waals surface area (Å²) in [5, 5.41) is 1.40. The van der Waals surface area contributed by atoms with Crippen LogP contribution in [0.3, 0.4) is 0 Å². The number of rotatable bonds is 3. The topological polar surface area (TPSA) is 12.9 Å². The van der Waals surface area contributed by atoms with Crippen molar-refractivity contribution in [3.8, 4) is 0 Å². The third kappa shape index (κ3) is 3.17. The molecule has 0 unspecified atom stereocenters. The first-order chi connectivity index (χ1) is 8.57. The van der Waals surface area contributed by atoms with Crippen LogP contribution in [-0.4, -0.2) is 13.1 Å². The van der Waals surface area contributed by atoms with Crippen LogP contribution in [0.5, 0.6) is 0 Å². The maximum atomic E-state index is 4.51. The minimum atomic E-state index is -1.41. The summed E-state index contributed by atoms with van der Waals surface area (Å²) in [6.45, 7) is 7.07. The van der Waals surface area contributed by atoms with Crippen molar-refractivity contribution >= 4 is 19.3 Å². The van der Waals surface area contributed by atoms with Gasteiger partial charge in [0.25, 0.3) is 0 Å². The van der Waals surface area contributed by atoms with Crippen LogP contribution in [-0.2, 0) is 0 Å². The molecule has 18 heavy (non-hydrogen) atoms. The summed E-state index contributed by atoms with van der Waals surface area (Å²) in [6, 6.07) is 16.6. The fourth-order valence-electron chi connectivity index (χ4n) is 1.91. The molecule has 0 atom stereocenters. The SMILES string of the molecule is C[Si](C)(C)C(=Cc1ccccc1)c1ccccn1. The van der Waals surface area contributed by atoms with Gasteiger partial charge >= 0.3 is 0 Å². The molecule has 0 aliphatic heterocycles. The van der Waals surface area contributed by atoms with Crippen molar-refractivity contribution < 1.29 is 0 Å². The molecule has 0 spiro atoms.